The van der Waals surface area contributed by atoms with Gasteiger partial charge in [0, 0.05) is 13.1 Å². The van der Waals surface area contributed by atoms with E-state index in [9.17, 15) is 9.59 Å². The van der Waals surface area contributed by atoms with Gasteiger partial charge in [-0.25, -0.2) is 9.59 Å². The molecule has 2 amide bonds. The molecule has 6 heteroatoms. The van der Waals surface area contributed by atoms with Crippen LogP contribution in [0.1, 0.15) is 29.3 Å². The maximum atomic E-state index is 11.8. The Morgan fingerprint density at radius 1 is 1.24 bits per heavy atom. The molecule has 0 fully saturated rings. The standard InChI is InChI=1S/C15H22N2O4/c1-4-16-15(19)17-8-5-9-21-14(18)12-7-6-11(2)13(10-12)20-3/h6-7,10H,4-5,8-9H2,1-3H3,(H2,16,17,19). The third-order valence-corrected chi connectivity index (χ3v) is 2.82. The maximum Gasteiger partial charge on any atom is 0.338 e. The van der Waals surface area contributed by atoms with Crippen LogP contribution < -0.4 is 15.4 Å². The molecule has 0 saturated carbocycles. The van der Waals surface area contributed by atoms with E-state index in [1.807, 2.05) is 19.9 Å². The molecule has 0 spiro atoms. The number of esters is 1. The van der Waals surface area contributed by atoms with Gasteiger partial charge in [-0.3, -0.25) is 0 Å². The largest absolute Gasteiger partial charge is 0.496 e. The lowest BCUT2D eigenvalue weighted by Gasteiger charge is -2.09. The number of hydrogen-bond acceptors (Lipinski definition) is 4. The van der Waals surface area contributed by atoms with Crippen molar-refractivity contribution in [3.8, 4) is 5.75 Å². The molecule has 0 saturated heterocycles. The second-order valence-corrected chi connectivity index (χ2v) is 4.46. The minimum atomic E-state index is -0.397. The molecule has 1 rings (SSSR count). The van der Waals surface area contributed by atoms with E-state index < -0.39 is 5.97 Å². The lowest BCUT2D eigenvalue weighted by atomic mass is 10.1. The highest BCUT2D eigenvalue weighted by molar-refractivity contribution is 5.90. The van der Waals surface area contributed by atoms with Crippen molar-refractivity contribution in [1.29, 1.82) is 0 Å². The van der Waals surface area contributed by atoms with Crippen LogP contribution in [-0.2, 0) is 4.74 Å². The summed E-state index contributed by atoms with van der Waals surface area (Å²) >= 11 is 0. The molecule has 0 bridgehead atoms. The van der Waals surface area contributed by atoms with Gasteiger partial charge in [-0.15, -0.1) is 0 Å². The maximum absolute atomic E-state index is 11.8. The van der Waals surface area contributed by atoms with Crippen molar-refractivity contribution in [2.75, 3.05) is 26.8 Å². The molecule has 0 heterocycles. The Hall–Kier alpha value is -2.24. The summed E-state index contributed by atoms with van der Waals surface area (Å²) in [5, 5.41) is 5.28. The lowest BCUT2D eigenvalue weighted by molar-refractivity contribution is 0.0501. The number of urea groups is 1. The summed E-state index contributed by atoms with van der Waals surface area (Å²) < 4.78 is 10.3. The van der Waals surface area contributed by atoms with E-state index >= 15 is 0 Å². The predicted octanol–water partition coefficient (Wildman–Crippen LogP) is 1.87. The number of benzene rings is 1. The normalized spacial score (nSPS) is 9.86. The van der Waals surface area contributed by atoms with Crippen LogP contribution in [-0.4, -0.2) is 38.8 Å². The monoisotopic (exact) mass is 294 g/mol. The van der Waals surface area contributed by atoms with Crippen LogP contribution in [0.4, 0.5) is 4.79 Å². The molecule has 0 aromatic heterocycles. The molecule has 2 N–H and O–H groups in total. The van der Waals surface area contributed by atoms with Gasteiger partial charge >= 0.3 is 12.0 Å². The van der Waals surface area contributed by atoms with Crippen molar-refractivity contribution in [3.05, 3.63) is 29.3 Å². The van der Waals surface area contributed by atoms with Gasteiger partial charge in [0.25, 0.3) is 0 Å². The number of nitrogens with one attached hydrogen (secondary N) is 2. The summed E-state index contributed by atoms with van der Waals surface area (Å²) in [7, 11) is 1.56. The second kappa shape index (κ2) is 8.84. The van der Waals surface area contributed by atoms with Crippen molar-refractivity contribution in [2.24, 2.45) is 0 Å². The molecule has 0 radical (unpaired) electrons. The third kappa shape index (κ3) is 5.72. The summed E-state index contributed by atoms with van der Waals surface area (Å²) in [5.41, 5.74) is 1.41. The first-order valence-electron chi connectivity index (χ1n) is 6.92. The molecule has 1 aromatic carbocycles. The molecule has 1 aromatic rings. The Balaban J connectivity index is 2.32. The number of methoxy groups -OCH3 is 1. The third-order valence-electron chi connectivity index (χ3n) is 2.82. The minimum Gasteiger partial charge on any atom is -0.496 e. The van der Waals surface area contributed by atoms with Gasteiger partial charge in [-0.05, 0) is 38.0 Å². The zero-order valence-corrected chi connectivity index (χ0v) is 12.7. The molecule has 0 aliphatic heterocycles. The Labute approximate surface area is 124 Å². The molecular weight excluding hydrogens is 272 g/mol. The van der Waals surface area contributed by atoms with Crippen LogP contribution in [0.5, 0.6) is 5.75 Å². The van der Waals surface area contributed by atoms with Crippen LogP contribution in [0.3, 0.4) is 0 Å². The highest BCUT2D eigenvalue weighted by Gasteiger charge is 2.09. The molecule has 0 aliphatic carbocycles. The number of carbonyl (C=O) groups is 2. The molecule has 21 heavy (non-hydrogen) atoms. The molecule has 0 unspecified atom stereocenters. The summed E-state index contributed by atoms with van der Waals surface area (Å²) in [6.45, 7) is 5.03. The van der Waals surface area contributed by atoms with E-state index in [0.717, 1.165) is 5.56 Å². The van der Waals surface area contributed by atoms with Crippen LogP contribution in [0, 0.1) is 6.92 Å². The minimum absolute atomic E-state index is 0.216. The van der Waals surface area contributed by atoms with Gasteiger partial charge in [-0.2, -0.15) is 0 Å². The fourth-order valence-electron chi connectivity index (χ4n) is 1.69. The highest BCUT2D eigenvalue weighted by atomic mass is 16.5. The van der Waals surface area contributed by atoms with Crippen molar-refractivity contribution in [1.82, 2.24) is 10.6 Å². The average molecular weight is 294 g/mol. The smallest absolute Gasteiger partial charge is 0.338 e. The molecule has 0 atom stereocenters. The predicted molar refractivity (Wildman–Crippen MR) is 79.7 cm³/mol. The number of rotatable bonds is 7. The zero-order chi connectivity index (χ0) is 15.7. The van der Waals surface area contributed by atoms with Crippen molar-refractivity contribution >= 4 is 12.0 Å². The van der Waals surface area contributed by atoms with E-state index in [1.54, 1.807) is 19.2 Å². The van der Waals surface area contributed by atoms with Gasteiger partial charge in [0.15, 0.2) is 0 Å². The van der Waals surface area contributed by atoms with Crippen LogP contribution >= 0.6 is 0 Å². The van der Waals surface area contributed by atoms with E-state index in [4.69, 9.17) is 9.47 Å². The van der Waals surface area contributed by atoms with Crippen molar-refractivity contribution in [2.45, 2.75) is 20.3 Å². The van der Waals surface area contributed by atoms with Crippen molar-refractivity contribution < 1.29 is 19.1 Å². The van der Waals surface area contributed by atoms with E-state index in [1.165, 1.54) is 0 Å². The van der Waals surface area contributed by atoms with E-state index in [-0.39, 0.29) is 12.6 Å². The molecule has 0 aliphatic rings. The number of hydrogen-bond donors (Lipinski definition) is 2. The Morgan fingerprint density at radius 2 is 2.00 bits per heavy atom. The van der Waals surface area contributed by atoms with E-state index in [2.05, 4.69) is 10.6 Å². The van der Waals surface area contributed by atoms with E-state index in [0.29, 0.717) is 30.8 Å². The first-order valence-corrected chi connectivity index (χ1v) is 6.92. The number of ether oxygens (including phenoxy) is 2. The molecular formula is C15H22N2O4. The summed E-state index contributed by atoms with van der Waals surface area (Å²) in [6.07, 6.45) is 0.561. The van der Waals surface area contributed by atoms with Gasteiger partial charge in [-0.1, -0.05) is 6.07 Å². The number of carbonyl (C=O) groups excluding carboxylic acids is 2. The van der Waals surface area contributed by atoms with Crippen LogP contribution in [0.25, 0.3) is 0 Å². The fourth-order valence-corrected chi connectivity index (χ4v) is 1.69. The molecule has 116 valence electrons. The van der Waals surface area contributed by atoms with Crippen molar-refractivity contribution in [3.63, 3.8) is 0 Å². The first kappa shape index (κ1) is 16.8. The Kier molecular flexibility index (Phi) is 7.08. The topological polar surface area (TPSA) is 76.7 Å². The highest BCUT2D eigenvalue weighted by Crippen LogP contribution is 2.19. The lowest BCUT2D eigenvalue weighted by Crippen LogP contribution is -2.36. The summed E-state index contributed by atoms with van der Waals surface area (Å²) in [6, 6.07) is 4.95. The van der Waals surface area contributed by atoms with Gasteiger partial charge in [0.2, 0.25) is 0 Å². The SMILES string of the molecule is CCNC(=O)NCCCOC(=O)c1ccc(C)c(OC)c1. The Bertz CT molecular complexity index is 489. The van der Waals surface area contributed by atoms with Crippen LogP contribution in [0.2, 0.25) is 0 Å². The zero-order valence-electron chi connectivity index (χ0n) is 12.7. The second-order valence-electron chi connectivity index (χ2n) is 4.46. The fraction of sp³-hybridized carbons (Fsp3) is 0.467. The van der Waals surface area contributed by atoms with Gasteiger partial charge in [0.1, 0.15) is 5.75 Å². The molecule has 6 nitrogen and oxygen atoms in total. The summed E-state index contributed by atoms with van der Waals surface area (Å²) in [4.78, 5) is 23.0. The number of amides is 2. The van der Waals surface area contributed by atoms with Crippen LogP contribution in [0.15, 0.2) is 18.2 Å². The van der Waals surface area contributed by atoms with Gasteiger partial charge in [0.05, 0.1) is 19.3 Å². The Morgan fingerprint density at radius 3 is 2.67 bits per heavy atom. The van der Waals surface area contributed by atoms with Gasteiger partial charge < -0.3 is 20.1 Å². The average Bonchev–Trinajstić information content (AvgIpc) is 2.47. The summed E-state index contributed by atoms with van der Waals surface area (Å²) in [5.74, 6) is 0.258. The first-order chi connectivity index (χ1) is 10.1. The quantitative estimate of drug-likeness (QED) is 0.594. The number of aryl methyl sites for hydroxylation is 1.